The first-order valence-electron chi connectivity index (χ1n) is 9.11. The first kappa shape index (κ1) is 18.3. The van der Waals surface area contributed by atoms with E-state index in [1.54, 1.807) is 13.2 Å². The van der Waals surface area contributed by atoms with E-state index in [2.05, 4.69) is 22.5 Å². The lowest BCUT2D eigenvalue weighted by Gasteiger charge is -2.18. The van der Waals surface area contributed by atoms with Crippen LogP contribution in [0, 0.1) is 0 Å². The summed E-state index contributed by atoms with van der Waals surface area (Å²) in [5.74, 6) is 2.06. The molecule has 1 aromatic heterocycles. The topological polar surface area (TPSA) is 60.6 Å². The Bertz CT molecular complexity index is 755. The number of nitrogen functional groups attached to an aromatic ring is 1. The minimum absolute atomic E-state index is 0.487. The number of hydrogen-bond donors (Lipinski definition) is 1. The molecule has 0 atom stereocenters. The van der Waals surface area contributed by atoms with E-state index < -0.39 is 0 Å². The first-order valence-corrected chi connectivity index (χ1v) is 9.11. The second kappa shape index (κ2) is 8.72. The average molecular weight is 353 g/mol. The van der Waals surface area contributed by atoms with Gasteiger partial charge in [0.1, 0.15) is 23.9 Å². The van der Waals surface area contributed by atoms with E-state index in [0.29, 0.717) is 12.4 Å². The van der Waals surface area contributed by atoms with Crippen LogP contribution in [0.2, 0.25) is 0 Å². The third kappa shape index (κ3) is 4.35. The monoisotopic (exact) mass is 353 g/mol. The van der Waals surface area contributed by atoms with E-state index in [4.69, 9.17) is 15.2 Å². The van der Waals surface area contributed by atoms with Gasteiger partial charge in [-0.3, -0.25) is 4.90 Å². The van der Waals surface area contributed by atoms with E-state index in [-0.39, 0.29) is 0 Å². The van der Waals surface area contributed by atoms with E-state index in [9.17, 15) is 0 Å². The Morgan fingerprint density at radius 3 is 2.73 bits per heavy atom. The Morgan fingerprint density at radius 2 is 2.04 bits per heavy atom. The molecule has 0 unspecified atom stereocenters. The summed E-state index contributed by atoms with van der Waals surface area (Å²) in [5, 5.41) is 0. The number of rotatable bonds is 8. The van der Waals surface area contributed by atoms with Gasteiger partial charge in [-0.05, 0) is 56.1 Å². The lowest BCUT2D eigenvalue weighted by molar-refractivity contribution is 0.236. The van der Waals surface area contributed by atoms with Crippen molar-refractivity contribution in [2.45, 2.75) is 19.3 Å². The molecule has 0 saturated carbocycles. The molecule has 0 aliphatic carbocycles. The predicted octanol–water partition coefficient (Wildman–Crippen LogP) is 3.54. The zero-order valence-corrected chi connectivity index (χ0v) is 15.4. The van der Waals surface area contributed by atoms with E-state index in [0.717, 1.165) is 41.3 Å². The standard InChI is InChI=1S/C21H27N3O2/c1-3-7-16-14-17(18-8-6-9-21(22)23-18)20(25-2)15-19(16)26-13-12-24-10-4-5-11-24/h3,6,8-9,14-15H,1,4-5,7,10-13H2,2H3,(H2,22,23). The molecule has 138 valence electrons. The maximum absolute atomic E-state index is 6.09. The van der Waals surface area contributed by atoms with Crippen LogP contribution in [0.4, 0.5) is 5.82 Å². The van der Waals surface area contributed by atoms with E-state index in [1.807, 2.05) is 24.3 Å². The number of benzene rings is 1. The molecule has 0 amide bonds. The number of nitrogens with two attached hydrogens (primary N) is 1. The van der Waals surface area contributed by atoms with Gasteiger partial charge in [-0.1, -0.05) is 12.1 Å². The molecular weight excluding hydrogens is 326 g/mol. The molecule has 1 saturated heterocycles. The number of pyridine rings is 1. The summed E-state index contributed by atoms with van der Waals surface area (Å²) >= 11 is 0. The fourth-order valence-electron chi connectivity index (χ4n) is 3.32. The quantitative estimate of drug-likeness (QED) is 0.736. The summed E-state index contributed by atoms with van der Waals surface area (Å²) in [6.07, 6.45) is 5.18. The van der Waals surface area contributed by atoms with Crippen molar-refractivity contribution >= 4 is 5.82 Å². The van der Waals surface area contributed by atoms with E-state index in [1.165, 1.54) is 25.9 Å². The van der Waals surface area contributed by atoms with Gasteiger partial charge in [-0.2, -0.15) is 0 Å². The molecule has 1 aliphatic heterocycles. The van der Waals surface area contributed by atoms with Crippen LogP contribution in [0.5, 0.6) is 11.5 Å². The summed E-state index contributed by atoms with van der Waals surface area (Å²) in [4.78, 5) is 6.86. The molecule has 0 radical (unpaired) electrons. The number of likely N-dealkylation sites (tertiary alicyclic amines) is 1. The number of allylic oxidation sites excluding steroid dienone is 1. The van der Waals surface area contributed by atoms with E-state index >= 15 is 0 Å². The average Bonchev–Trinajstić information content (AvgIpc) is 3.16. The van der Waals surface area contributed by atoms with Crippen molar-refractivity contribution in [1.82, 2.24) is 9.88 Å². The normalized spacial score (nSPS) is 14.3. The summed E-state index contributed by atoms with van der Waals surface area (Å²) in [6.45, 7) is 7.84. The van der Waals surface area contributed by atoms with Gasteiger partial charge in [0.25, 0.3) is 0 Å². The third-order valence-electron chi connectivity index (χ3n) is 4.66. The highest BCUT2D eigenvalue weighted by molar-refractivity contribution is 5.71. The Morgan fingerprint density at radius 1 is 1.23 bits per heavy atom. The molecular formula is C21H27N3O2. The lowest BCUT2D eigenvalue weighted by atomic mass is 10.0. The minimum atomic E-state index is 0.487. The Kier molecular flexibility index (Phi) is 6.12. The van der Waals surface area contributed by atoms with Crippen molar-refractivity contribution in [3.63, 3.8) is 0 Å². The summed E-state index contributed by atoms with van der Waals surface area (Å²) in [6, 6.07) is 9.61. The van der Waals surface area contributed by atoms with Crippen LogP contribution in [0.25, 0.3) is 11.3 Å². The van der Waals surface area contributed by atoms with Gasteiger partial charge in [-0.15, -0.1) is 6.58 Å². The lowest BCUT2D eigenvalue weighted by Crippen LogP contribution is -2.25. The minimum Gasteiger partial charge on any atom is -0.496 e. The third-order valence-corrected chi connectivity index (χ3v) is 4.66. The smallest absolute Gasteiger partial charge is 0.131 e. The zero-order chi connectivity index (χ0) is 18.4. The van der Waals surface area contributed by atoms with Crippen LogP contribution in [-0.2, 0) is 6.42 Å². The number of hydrogen-bond acceptors (Lipinski definition) is 5. The van der Waals surface area contributed by atoms with Gasteiger partial charge < -0.3 is 15.2 Å². The number of methoxy groups -OCH3 is 1. The highest BCUT2D eigenvalue weighted by Crippen LogP contribution is 2.36. The van der Waals surface area contributed by atoms with Gasteiger partial charge in [-0.25, -0.2) is 4.98 Å². The summed E-state index contributed by atoms with van der Waals surface area (Å²) < 4.78 is 11.7. The van der Waals surface area contributed by atoms with Crippen molar-refractivity contribution < 1.29 is 9.47 Å². The van der Waals surface area contributed by atoms with Crippen LogP contribution in [0.15, 0.2) is 43.0 Å². The van der Waals surface area contributed by atoms with Gasteiger partial charge in [0.15, 0.2) is 0 Å². The molecule has 0 bridgehead atoms. The van der Waals surface area contributed by atoms with Crippen molar-refractivity contribution in [3.8, 4) is 22.8 Å². The highest BCUT2D eigenvalue weighted by atomic mass is 16.5. The SMILES string of the molecule is C=CCc1cc(-c2cccc(N)n2)c(OC)cc1OCCN1CCCC1. The maximum Gasteiger partial charge on any atom is 0.131 e. The number of aromatic nitrogens is 1. The molecule has 1 aromatic carbocycles. The Hall–Kier alpha value is -2.53. The molecule has 26 heavy (non-hydrogen) atoms. The number of anilines is 1. The van der Waals surface area contributed by atoms with Gasteiger partial charge >= 0.3 is 0 Å². The second-order valence-corrected chi connectivity index (χ2v) is 6.50. The molecule has 1 aliphatic rings. The molecule has 2 N–H and O–H groups in total. The summed E-state index contributed by atoms with van der Waals surface area (Å²) in [7, 11) is 1.66. The molecule has 2 heterocycles. The van der Waals surface area contributed by atoms with Crippen molar-refractivity contribution in [2.24, 2.45) is 0 Å². The van der Waals surface area contributed by atoms with Crippen LogP contribution < -0.4 is 15.2 Å². The van der Waals surface area contributed by atoms with Crippen LogP contribution in [-0.4, -0.2) is 43.2 Å². The molecule has 1 fully saturated rings. The molecule has 3 rings (SSSR count). The first-order chi connectivity index (χ1) is 12.7. The predicted molar refractivity (Wildman–Crippen MR) is 106 cm³/mol. The van der Waals surface area contributed by atoms with Gasteiger partial charge in [0.05, 0.1) is 12.8 Å². The zero-order valence-electron chi connectivity index (χ0n) is 15.4. The fraction of sp³-hybridized carbons (Fsp3) is 0.381. The molecule has 0 spiro atoms. The Balaban J connectivity index is 1.85. The van der Waals surface area contributed by atoms with Crippen molar-refractivity contribution in [3.05, 3.63) is 48.6 Å². The van der Waals surface area contributed by atoms with Gasteiger partial charge in [0, 0.05) is 18.2 Å². The number of nitrogens with zero attached hydrogens (tertiary/aromatic N) is 2. The number of ether oxygens (including phenoxy) is 2. The largest absolute Gasteiger partial charge is 0.496 e. The fourth-order valence-corrected chi connectivity index (χ4v) is 3.32. The highest BCUT2D eigenvalue weighted by Gasteiger charge is 2.15. The van der Waals surface area contributed by atoms with Crippen LogP contribution in [0.1, 0.15) is 18.4 Å². The van der Waals surface area contributed by atoms with Crippen molar-refractivity contribution in [2.75, 3.05) is 39.1 Å². The second-order valence-electron chi connectivity index (χ2n) is 6.50. The van der Waals surface area contributed by atoms with Crippen LogP contribution in [0.3, 0.4) is 0 Å². The summed E-state index contributed by atoms with van der Waals surface area (Å²) in [5.41, 5.74) is 8.61. The van der Waals surface area contributed by atoms with Crippen molar-refractivity contribution in [1.29, 1.82) is 0 Å². The molecule has 5 heteroatoms. The Labute approximate surface area is 155 Å². The molecule has 2 aromatic rings. The maximum atomic E-state index is 6.09. The molecule has 5 nitrogen and oxygen atoms in total. The van der Waals surface area contributed by atoms with Crippen LogP contribution >= 0.6 is 0 Å². The van der Waals surface area contributed by atoms with Gasteiger partial charge in [0.2, 0.25) is 0 Å².